The molecule has 4 rings (SSSR count). The van der Waals surface area contributed by atoms with Crippen LogP contribution in [0, 0.1) is 0 Å². The van der Waals surface area contributed by atoms with E-state index in [9.17, 15) is 9.59 Å². The number of carbonyl (C=O) groups excluding carboxylic acids is 1. The fourth-order valence-electron chi connectivity index (χ4n) is 2.78. The molecule has 0 spiro atoms. The maximum absolute atomic E-state index is 11.8. The van der Waals surface area contributed by atoms with Crippen LogP contribution < -0.4 is 15.2 Å². The van der Waals surface area contributed by atoms with Gasteiger partial charge in [-0.15, -0.1) is 0 Å². The van der Waals surface area contributed by atoms with Crippen LogP contribution in [0.1, 0.15) is 10.4 Å². The van der Waals surface area contributed by atoms with Crippen molar-refractivity contribution in [2.24, 2.45) is 0 Å². The fraction of sp³-hybridized carbons (Fsp3) is 0.118. The Hall–Kier alpha value is -3.15. The SMILES string of the molecule is O=Cc1cnc2c(c1)OCCN2c1ccc2c(=O)[nH]ccc2c1. The number of nitrogens with one attached hydrogen (secondary N) is 1. The summed E-state index contributed by atoms with van der Waals surface area (Å²) in [6.07, 6.45) is 3.91. The summed E-state index contributed by atoms with van der Waals surface area (Å²) < 4.78 is 5.61. The minimum Gasteiger partial charge on any atom is -0.488 e. The zero-order valence-corrected chi connectivity index (χ0v) is 12.2. The van der Waals surface area contributed by atoms with E-state index in [1.165, 1.54) is 6.20 Å². The number of ether oxygens (including phenoxy) is 1. The van der Waals surface area contributed by atoms with Gasteiger partial charge in [0.25, 0.3) is 5.56 Å². The molecule has 3 heterocycles. The molecule has 23 heavy (non-hydrogen) atoms. The Morgan fingerprint density at radius 2 is 2.17 bits per heavy atom. The van der Waals surface area contributed by atoms with Gasteiger partial charge in [0.15, 0.2) is 17.9 Å². The number of aromatic nitrogens is 2. The van der Waals surface area contributed by atoms with Crippen molar-refractivity contribution in [3.63, 3.8) is 0 Å². The normalized spacial score (nSPS) is 13.5. The maximum atomic E-state index is 11.8. The lowest BCUT2D eigenvalue weighted by atomic mass is 10.1. The van der Waals surface area contributed by atoms with Crippen LogP contribution in [0.5, 0.6) is 5.75 Å². The van der Waals surface area contributed by atoms with Crippen LogP contribution in [-0.4, -0.2) is 29.4 Å². The molecule has 0 unspecified atom stereocenters. The van der Waals surface area contributed by atoms with Gasteiger partial charge in [0.2, 0.25) is 0 Å². The van der Waals surface area contributed by atoms with E-state index < -0.39 is 0 Å². The van der Waals surface area contributed by atoms with Crippen molar-refractivity contribution in [1.29, 1.82) is 0 Å². The van der Waals surface area contributed by atoms with Gasteiger partial charge in [-0.1, -0.05) is 0 Å². The van der Waals surface area contributed by atoms with Crippen LogP contribution in [0.3, 0.4) is 0 Å². The molecule has 1 aliphatic rings. The number of hydrogen-bond acceptors (Lipinski definition) is 5. The Morgan fingerprint density at radius 3 is 3.04 bits per heavy atom. The van der Waals surface area contributed by atoms with Crippen LogP contribution in [-0.2, 0) is 0 Å². The first-order valence-electron chi connectivity index (χ1n) is 7.23. The molecule has 0 radical (unpaired) electrons. The Bertz CT molecular complexity index is 965. The van der Waals surface area contributed by atoms with E-state index in [-0.39, 0.29) is 5.56 Å². The Morgan fingerprint density at radius 1 is 1.26 bits per heavy atom. The summed E-state index contributed by atoms with van der Waals surface area (Å²) in [6.45, 7) is 1.15. The molecule has 1 N–H and O–H groups in total. The zero-order valence-electron chi connectivity index (χ0n) is 12.2. The number of aromatic amines is 1. The number of H-pyrrole nitrogens is 1. The third-order valence-corrected chi connectivity index (χ3v) is 3.89. The second-order valence-corrected chi connectivity index (χ2v) is 5.29. The smallest absolute Gasteiger partial charge is 0.255 e. The third-order valence-electron chi connectivity index (χ3n) is 3.89. The molecular weight excluding hydrogens is 294 g/mol. The lowest BCUT2D eigenvalue weighted by molar-refractivity contribution is 0.112. The molecule has 1 aliphatic heterocycles. The molecule has 114 valence electrons. The van der Waals surface area contributed by atoms with Gasteiger partial charge >= 0.3 is 0 Å². The highest BCUT2D eigenvalue weighted by atomic mass is 16.5. The molecule has 0 saturated carbocycles. The summed E-state index contributed by atoms with van der Waals surface area (Å²) >= 11 is 0. The number of rotatable bonds is 2. The minimum atomic E-state index is -0.106. The number of aldehydes is 1. The monoisotopic (exact) mass is 307 g/mol. The molecule has 0 amide bonds. The highest BCUT2D eigenvalue weighted by molar-refractivity contribution is 5.86. The van der Waals surface area contributed by atoms with E-state index in [4.69, 9.17) is 4.74 Å². The Kier molecular flexibility index (Phi) is 3.08. The summed E-state index contributed by atoms with van der Waals surface area (Å²) in [7, 11) is 0. The molecular formula is C17H13N3O3. The van der Waals surface area contributed by atoms with E-state index in [2.05, 4.69) is 9.97 Å². The lowest BCUT2D eigenvalue weighted by Gasteiger charge is -2.30. The number of benzene rings is 1. The van der Waals surface area contributed by atoms with Crippen molar-refractivity contribution in [2.45, 2.75) is 0 Å². The molecule has 0 saturated heterocycles. The second-order valence-electron chi connectivity index (χ2n) is 5.29. The third kappa shape index (κ3) is 2.24. The molecule has 6 nitrogen and oxygen atoms in total. The average Bonchev–Trinajstić information content (AvgIpc) is 2.60. The van der Waals surface area contributed by atoms with Crippen molar-refractivity contribution in [2.75, 3.05) is 18.1 Å². The summed E-state index contributed by atoms with van der Waals surface area (Å²) in [5, 5.41) is 1.51. The van der Waals surface area contributed by atoms with E-state index in [0.29, 0.717) is 35.7 Å². The largest absolute Gasteiger partial charge is 0.488 e. The zero-order chi connectivity index (χ0) is 15.8. The summed E-state index contributed by atoms with van der Waals surface area (Å²) in [5.74, 6) is 1.26. The number of nitrogens with zero attached hydrogens (tertiary/aromatic N) is 2. The lowest BCUT2D eigenvalue weighted by Crippen LogP contribution is -2.29. The van der Waals surface area contributed by atoms with Crippen LogP contribution in [0.2, 0.25) is 0 Å². The van der Waals surface area contributed by atoms with Gasteiger partial charge in [-0.05, 0) is 35.7 Å². The number of hydrogen-bond donors (Lipinski definition) is 1. The highest BCUT2D eigenvalue weighted by Crippen LogP contribution is 2.35. The fourth-order valence-corrected chi connectivity index (χ4v) is 2.78. The van der Waals surface area contributed by atoms with Crippen molar-refractivity contribution in [1.82, 2.24) is 9.97 Å². The predicted octanol–water partition coefficient (Wildman–Crippen LogP) is 2.27. The standard InChI is InChI=1S/C17H13N3O3/c21-10-11-7-15-16(19-9-11)20(5-6-23-15)13-1-2-14-12(8-13)3-4-18-17(14)22/h1-4,7-10H,5-6H2,(H,18,22). The van der Waals surface area contributed by atoms with Gasteiger partial charge in [-0.2, -0.15) is 0 Å². The van der Waals surface area contributed by atoms with Gasteiger partial charge in [-0.3, -0.25) is 9.59 Å². The number of fused-ring (bicyclic) bond motifs is 2. The summed E-state index contributed by atoms with van der Waals surface area (Å²) in [5.41, 5.74) is 1.31. The van der Waals surface area contributed by atoms with E-state index >= 15 is 0 Å². The second kappa shape index (κ2) is 5.24. The van der Waals surface area contributed by atoms with Gasteiger partial charge in [-0.25, -0.2) is 4.98 Å². The van der Waals surface area contributed by atoms with Crippen LogP contribution in [0.15, 0.2) is 47.5 Å². The van der Waals surface area contributed by atoms with E-state index in [1.54, 1.807) is 18.3 Å². The summed E-state index contributed by atoms with van der Waals surface area (Å²) in [4.78, 5) is 31.7. The Labute approximate surface area is 131 Å². The van der Waals surface area contributed by atoms with Crippen molar-refractivity contribution in [3.8, 4) is 5.75 Å². The van der Waals surface area contributed by atoms with Crippen LogP contribution in [0.4, 0.5) is 11.5 Å². The first-order chi connectivity index (χ1) is 11.3. The molecule has 0 aliphatic carbocycles. The van der Waals surface area contributed by atoms with Crippen molar-refractivity contribution >= 4 is 28.6 Å². The minimum absolute atomic E-state index is 0.106. The molecule has 1 aromatic carbocycles. The van der Waals surface area contributed by atoms with Gasteiger partial charge in [0, 0.05) is 29.0 Å². The first kappa shape index (κ1) is 13.5. The van der Waals surface area contributed by atoms with Gasteiger partial charge < -0.3 is 14.6 Å². The van der Waals surface area contributed by atoms with E-state index in [0.717, 1.165) is 17.4 Å². The first-order valence-corrected chi connectivity index (χ1v) is 7.23. The van der Waals surface area contributed by atoms with E-state index in [1.807, 2.05) is 23.1 Å². The van der Waals surface area contributed by atoms with Crippen LogP contribution >= 0.6 is 0 Å². The number of carbonyl (C=O) groups is 1. The molecule has 0 bridgehead atoms. The quantitative estimate of drug-likeness (QED) is 0.735. The Balaban J connectivity index is 1.83. The topological polar surface area (TPSA) is 75.3 Å². The molecule has 2 aromatic heterocycles. The van der Waals surface area contributed by atoms with Gasteiger partial charge in [0.05, 0.1) is 6.54 Å². The number of pyridine rings is 2. The highest BCUT2D eigenvalue weighted by Gasteiger charge is 2.21. The van der Waals surface area contributed by atoms with Crippen molar-refractivity contribution < 1.29 is 9.53 Å². The molecule has 6 heteroatoms. The maximum Gasteiger partial charge on any atom is 0.255 e. The van der Waals surface area contributed by atoms with Crippen LogP contribution in [0.25, 0.3) is 10.8 Å². The molecule has 0 fully saturated rings. The molecule has 0 atom stereocenters. The average molecular weight is 307 g/mol. The van der Waals surface area contributed by atoms with Crippen molar-refractivity contribution in [3.05, 3.63) is 58.6 Å². The number of anilines is 2. The molecule has 3 aromatic rings. The predicted molar refractivity (Wildman–Crippen MR) is 86.7 cm³/mol. The van der Waals surface area contributed by atoms with Gasteiger partial charge in [0.1, 0.15) is 6.61 Å². The summed E-state index contributed by atoms with van der Waals surface area (Å²) in [6, 6.07) is 9.20.